The minimum Gasteiger partial charge on any atom is -0.497 e. The Morgan fingerprint density at radius 1 is 1.07 bits per heavy atom. The van der Waals surface area contributed by atoms with Crippen molar-refractivity contribution in [3.05, 3.63) is 68.3 Å². The van der Waals surface area contributed by atoms with Gasteiger partial charge >= 0.3 is 0 Å². The maximum absolute atomic E-state index is 10.9. The number of ether oxygens (including phenoxy) is 1. The third kappa shape index (κ3) is 4.39. The van der Waals surface area contributed by atoms with E-state index in [0.29, 0.717) is 22.8 Å². The molecule has 0 N–H and O–H groups in total. The van der Waals surface area contributed by atoms with E-state index in [1.165, 1.54) is 12.1 Å². The molecule has 1 aromatic heterocycles. The zero-order chi connectivity index (χ0) is 19.4. The summed E-state index contributed by atoms with van der Waals surface area (Å²) in [6.07, 6.45) is 0. The van der Waals surface area contributed by atoms with Crippen LogP contribution >= 0.6 is 11.8 Å². The Kier molecular flexibility index (Phi) is 5.31. The van der Waals surface area contributed by atoms with Gasteiger partial charge in [0.05, 0.1) is 23.0 Å². The first-order valence-electron chi connectivity index (χ1n) is 7.50. The number of aromatic nitrogens is 2. The first-order chi connectivity index (χ1) is 13.0. The molecule has 0 aliphatic carbocycles. The molecule has 10 nitrogen and oxygen atoms in total. The lowest BCUT2D eigenvalue weighted by Gasteiger charge is -2.01. The molecule has 0 bridgehead atoms. The van der Waals surface area contributed by atoms with E-state index in [2.05, 4.69) is 10.2 Å². The predicted molar refractivity (Wildman–Crippen MR) is 95.6 cm³/mol. The summed E-state index contributed by atoms with van der Waals surface area (Å²) < 4.78 is 10.7. The van der Waals surface area contributed by atoms with Gasteiger partial charge in [0.2, 0.25) is 5.89 Å². The summed E-state index contributed by atoms with van der Waals surface area (Å²) in [4.78, 5) is 20.5. The molecule has 27 heavy (non-hydrogen) atoms. The van der Waals surface area contributed by atoms with Crippen molar-refractivity contribution >= 4 is 23.1 Å². The van der Waals surface area contributed by atoms with Crippen LogP contribution in [0.4, 0.5) is 11.4 Å². The summed E-state index contributed by atoms with van der Waals surface area (Å²) in [7, 11) is 1.55. The molecule has 2 aromatic carbocycles. The van der Waals surface area contributed by atoms with Crippen LogP contribution in [0.25, 0.3) is 11.5 Å². The maximum atomic E-state index is 10.9. The molecule has 0 aliphatic heterocycles. The van der Waals surface area contributed by atoms with Crippen molar-refractivity contribution in [3.8, 4) is 17.2 Å². The second-order valence-electron chi connectivity index (χ2n) is 5.27. The number of nitrogens with zero attached hydrogens (tertiary/aromatic N) is 4. The molecule has 0 aliphatic rings. The average Bonchev–Trinajstić information content (AvgIpc) is 3.15. The lowest BCUT2D eigenvalue weighted by Crippen LogP contribution is -1.95. The van der Waals surface area contributed by atoms with Crippen molar-refractivity contribution < 1.29 is 19.0 Å². The van der Waals surface area contributed by atoms with E-state index in [1.54, 1.807) is 31.4 Å². The molecule has 0 radical (unpaired) electrons. The first kappa shape index (κ1) is 18.3. The fourth-order valence-electron chi connectivity index (χ4n) is 2.24. The highest BCUT2D eigenvalue weighted by Crippen LogP contribution is 2.30. The summed E-state index contributed by atoms with van der Waals surface area (Å²) in [5.41, 5.74) is 0.395. The Hall–Kier alpha value is -3.47. The molecule has 0 saturated heterocycles. The van der Waals surface area contributed by atoms with Crippen LogP contribution < -0.4 is 4.74 Å². The van der Waals surface area contributed by atoms with E-state index >= 15 is 0 Å². The smallest absolute Gasteiger partial charge is 0.277 e. The van der Waals surface area contributed by atoms with E-state index < -0.39 is 9.85 Å². The lowest BCUT2D eigenvalue weighted by atomic mass is 10.2. The molecule has 0 unspecified atom stereocenters. The number of benzene rings is 2. The second kappa shape index (κ2) is 7.83. The maximum Gasteiger partial charge on any atom is 0.277 e. The van der Waals surface area contributed by atoms with Gasteiger partial charge in [-0.15, -0.1) is 10.2 Å². The topological polar surface area (TPSA) is 134 Å². The van der Waals surface area contributed by atoms with Crippen LogP contribution in [0.15, 0.2) is 52.1 Å². The van der Waals surface area contributed by atoms with Crippen molar-refractivity contribution in [2.45, 2.75) is 11.0 Å². The Bertz CT molecular complexity index is 974. The van der Waals surface area contributed by atoms with Gasteiger partial charge in [-0.25, -0.2) is 0 Å². The van der Waals surface area contributed by atoms with Crippen LogP contribution in [-0.2, 0) is 5.75 Å². The van der Waals surface area contributed by atoms with Crippen molar-refractivity contribution in [1.29, 1.82) is 0 Å². The highest BCUT2D eigenvalue weighted by atomic mass is 32.2. The highest BCUT2D eigenvalue weighted by Gasteiger charge is 2.17. The largest absolute Gasteiger partial charge is 0.497 e. The van der Waals surface area contributed by atoms with Gasteiger partial charge in [0.1, 0.15) is 5.75 Å². The zero-order valence-electron chi connectivity index (χ0n) is 13.9. The molecular formula is C16H12N4O6S. The van der Waals surface area contributed by atoms with E-state index in [1.807, 2.05) is 0 Å². The van der Waals surface area contributed by atoms with Crippen molar-refractivity contribution in [2.75, 3.05) is 7.11 Å². The summed E-state index contributed by atoms with van der Waals surface area (Å²) in [6, 6.07) is 10.6. The highest BCUT2D eigenvalue weighted by molar-refractivity contribution is 7.98. The molecule has 3 aromatic rings. The molecule has 0 atom stereocenters. The Balaban J connectivity index is 1.77. The minimum atomic E-state index is -0.672. The third-order valence-corrected chi connectivity index (χ3v) is 4.36. The lowest BCUT2D eigenvalue weighted by molar-refractivity contribution is -0.394. The molecule has 0 spiro atoms. The van der Waals surface area contributed by atoms with Gasteiger partial charge < -0.3 is 9.15 Å². The summed E-state index contributed by atoms with van der Waals surface area (Å²) in [6.45, 7) is 0. The molecular weight excluding hydrogens is 376 g/mol. The number of methoxy groups -OCH3 is 1. The molecule has 3 rings (SSSR count). The van der Waals surface area contributed by atoms with Crippen LogP contribution in [0.2, 0.25) is 0 Å². The van der Waals surface area contributed by atoms with Crippen molar-refractivity contribution in [3.63, 3.8) is 0 Å². The van der Waals surface area contributed by atoms with Gasteiger partial charge in [-0.1, -0.05) is 17.8 Å². The minimum absolute atomic E-state index is 0.197. The molecule has 138 valence electrons. The number of hydrogen-bond acceptors (Lipinski definition) is 9. The summed E-state index contributed by atoms with van der Waals surface area (Å²) >= 11 is 1.12. The van der Waals surface area contributed by atoms with Crippen molar-refractivity contribution in [2.24, 2.45) is 0 Å². The van der Waals surface area contributed by atoms with Gasteiger partial charge in [-0.05, 0) is 23.8 Å². The molecule has 0 fully saturated rings. The SMILES string of the molecule is COc1cccc(-c2nnc(SCc3cc([N+](=O)[O-])cc([N+](=O)[O-])c3)o2)c1. The average molecular weight is 388 g/mol. The van der Waals surface area contributed by atoms with Crippen molar-refractivity contribution in [1.82, 2.24) is 10.2 Å². The predicted octanol–water partition coefficient (Wildman–Crippen LogP) is 3.85. The molecule has 0 saturated carbocycles. The van der Waals surface area contributed by atoms with E-state index in [9.17, 15) is 20.2 Å². The fraction of sp³-hybridized carbons (Fsp3) is 0.125. The number of nitro benzene ring substituents is 2. The fourth-order valence-corrected chi connectivity index (χ4v) is 2.93. The van der Waals surface area contributed by atoms with Crippen LogP contribution in [0.3, 0.4) is 0 Å². The van der Waals surface area contributed by atoms with E-state index in [-0.39, 0.29) is 22.4 Å². The third-order valence-electron chi connectivity index (χ3n) is 3.47. The van der Waals surface area contributed by atoms with Crippen LogP contribution in [0.1, 0.15) is 5.56 Å². The number of non-ortho nitro benzene ring substituents is 2. The normalized spacial score (nSPS) is 10.6. The second-order valence-corrected chi connectivity index (χ2v) is 6.19. The van der Waals surface area contributed by atoms with E-state index in [4.69, 9.17) is 9.15 Å². The number of nitro groups is 2. The Morgan fingerprint density at radius 2 is 1.78 bits per heavy atom. The quantitative estimate of drug-likeness (QED) is 0.336. The number of thioether (sulfide) groups is 1. The van der Waals surface area contributed by atoms with Crippen LogP contribution in [0, 0.1) is 20.2 Å². The van der Waals surface area contributed by atoms with Gasteiger partial charge in [0.25, 0.3) is 16.6 Å². The summed E-state index contributed by atoms with van der Waals surface area (Å²) in [5, 5.41) is 30.0. The van der Waals surface area contributed by atoms with Gasteiger partial charge in [-0.2, -0.15) is 0 Å². The Labute approximate surface area is 156 Å². The van der Waals surface area contributed by atoms with Gasteiger partial charge in [-0.3, -0.25) is 20.2 Å². The number of rotatable bonds is 7. The molecule has 0 amide bonds. The van der Waals surface area contributed by atoms with Gasteiger partial charge in [0.15, 0.2) is 0 Å². The van der Waals surface area contributed by atoms with Gasteiger partial charge in [0, 0.05) is 23.4 Å². The van der Waals surface area contributed by atoms with Crippen LogP contribution in [0.5, 0.6) is 5.75 Å². The van der Waals surface area contributed by atoms with E-state index in [0.717, 1.165) is 17.8 Å². The number of hydrogen-bond donors (Lipinski definition) is 0. The molecule has 1 heterocycles. The van der Waals surface area contributed by atoms with Crippen LogP contribution in [-0.4, -0.2) is 27.2 Å². The monoisotopic (exact) mass is 388 g/mol. The Morgan fingerprint density at radius 3 is 2.41 bits per heavy atom. The molecule has 11 heteroatoms. The first-order valence-corrected chi connectivity index (χ1v) is 8.48. The zero-order valence-corrected chi connectivity index (χ0v) is 14.7. The standard InChI is InChI=1S/C16H12N4O6S/c1-25-14-4-2-3-11(7-14)15-17-18-16(26-15)27-9-10-5-12(19(21)22)8-13(6-10)20(23)24/h2-8H,9H2,1H3. The summed E-state index contributed by atoms with van der Waals surface area (Å²) in [5.74, 6) is 1.13.